The first-order valence-corrected chi connectivity index (χ1v) is 13.7. The van der Waals surface area contributed by atoms with Crippen LogP contribution in [0.2, 0.25) is 0 Å². The largest absolute Gasteiger partial charge is 0.544 e. The normalized spacial score (nSPS) is 27.9. The SMILES string of the molecule is Nc1ncnc2c1ncn2[C@@H]1O[C@H](COP(=O)(O)OP(=O)(O)OP(=O)(O)C(F)(F)B(O)O)[C@@H](O)[C@H]1O. The molecule has 1 aliphatic heterocycles. The van der Waals surface area contributed by atoms with Gasteiger partial charge in [0.15, 0.2) is 17.7 Å². The lowest BCUT2D eigenvalue weighted by atomic mass is 9.93. The van der Waals surface area contributed by atoms with E-state index in [2.05, 4.69) is 28.1 Å². The van der Waals surface area contributed by atoms with E-state index in [9.17, 15) is 42.5 Å². The van der Waals surface area contributed by atoms with E-state index in [1.807, 2.05) is 0 Å². The molecule has 0 radical (unpaired) electrons. The van der Waals surface area contributed by atoms with Crippen LogP contribution in [0.3, 0.4) is 0 Å². The van der Waals surface area contributed by atoms with Gasteiger partial charge in [-0.15, -0.1) is 0 Å². The maximum Gasteiger partial charge on any atom is 0.544 e. The maximum atomic E-state index is 13.3. The fourth-order valence-electron chi connectivity index (χ4n) is 2.83. The minimum Gasteiger partial charge on any atom is -0.423 e. The number of hydrogen-bond donors (Lipinski definition) is 8. The highest BCUT2D eigenvalue weighted by Gasteiger charge is 2.63. The highest BCUT2D eigenvalue weighted by atomic mass is 31.3. The fourth-order valence-corrected chi connectivity index (χ4v) is 6.63. The number of nitrogen functional groups attached to an aromatic ring is 1. The number of fused-ring (bicyclic) bond motifs is 1. The minimum atomic E-state index is -6.66. The number of imidazole rings is 1. The van der Waals surface area contributed by atoms with E-state index in [1.165, 1.54) is 0 Å². The molecule has 0 aliphatic carbocycles. The molecule has 1 saturated heterocycles. The average molecular weight is 585 g/mol. The molecule has 0 spiro atoms. The van der Waals surface area contributed by atoms with Gasteiger partial charge in [0, 0.05) is 0 Å². The first kappa shape index (κ1) is 29.1. The van der Waals surface area contributed by atoms with Crippen molar-refractivity contribution in [1.82, 2.24) is 19.5 Å². The molecule has 3 heterocycles. The van der Waals surface area contributed by atoms with Crippen molar-refractivity contribution in [3.8, 4) is 0 Å². The van der Waals surface area contributed by atoms with Gasteiger partial charge >= 0.3 is 35.9 Å². The molecule has 0 saturated carbocycles. The number of aliphatic hydroxyl groups excluding tert-OH is 2. The Hall–Kier alpha value is -1.48. The van der Waals surface area contributed by atoms with Crippen molar-refractivity contribution in [1.29, 1.82) is 0 Å². The predicted molar refractivity (Wildman–Crippen MR) is 108 cm³/mol. The van der Waals surface area contributed by atoms with Gasteiger partial charge in [-0.2, -0.15) is 13.1 Å². The fraction of sp³-hybridized carbons (Fsp3) is 0.545. The average Bonchev–Trinajstić information content (AvgIpc) is 3.27. The molecular weight excluding hydrogens is 568 g/mol. The highest BCUT2D eigenvalue weighted by molar-refractivity contribution is 7.69. The van der Waals surface area contributed by atoms with Crippen LogP contribution in [0.15, 0.2) is 12.7 Å². The van der Waals surface area contributed by atoms with Gasteiger partial charge in [0.2, 0.25) is 0 Å². The summed E-state index contributed by atoms with van der Waals surface area (Å²) in [7, 11) is -22.5. The number of anilines is 1. The zero-order chi connectivity index (χ0) is 27.3. The number of halogens is 2. The lowest BCUT2D eigenvalue weighted by Gasteiger charge is -2.23. The van der Waals surface area contributed by atoms with E-state index >= 15 is 0 Å². The van der Waals surface area contributed by atoms with Crippen LogP contribution in [-0.4, -0.2) is 92.1 Å². The number of nitrogens with two attached hydrogens (primary N) is 1. The molecule has 1 fully saturated rings. The van der Waals surface area contributed by atoms with Crippen LogP contribution in [0.4, 0.5) is 14.6 Å². The van der Waals surface area contributed by atoms with Crippen molar-refractivity contribution < 1.29 is 75.3 Å². The lowest BCUT2D eigenvalue weighted by Crippen LogP contribution is -2.38. The maximum absolute atomic E-state index is 13.3. The number of aromatic nitrogens is 4. The number of rotatable bonds is 10. The summed E-state index contributed by atoms with van der Waals surface area (Å²) in [6.07, 6.45) is -4.30. The molecule has 3 unspecified atom stereocenters. The van der Waals surface area contributed by atoms with Crippen LogP contribution < -0.4 is 5.73 Å². The van der Waals surface area contributed by atoms with Gasteiger partial charge in [-0.1, -0.05) is 0 Å². The third-order valence-corrected chi connectivity index (χ3v) is 9.33. The summed E-state index contributed by atoms with van der Waals surface area (Å²) in [5.74, 6) is -0.0145. The minimum absolute atomic E-state index is 0.0145. The molecule has 202 valence electrons. The van der Waals surface area contributed by atoms with E-state index in [4.69, 9.17) is 25.4 Å². The molecular formula is C11H17BF2N5O14P3. The van der Waals surface area contributed by atoms with Gasteiger partial charge in [0.25, 0.3) is 0 Å². The number of phosphoric ester groups is 1. The van der Waals surface area contributed by atoms with Crippen LogP contribution in [-0.2, 0) is 31.6 Å². The van der Waals surface area contributed by atoms with Crippen molar-refractivity contribution in [2.45, 2.75) is 30.1 Å². The Kier molecular flexibility index (Phi) is 8.09. The lowest BCUT2D eigenvalue weighted by molar-refractivity contribution is -0.0503. The van der Waals surface area contributed by atoms with E-state index < -0.39 is 67.1 Å². The third-order valence-electron chi connectivity index (χ3n) is 4.51. The van der Waals surface area contributed by atoms with Gasteiger partial charge < -0.3 is 45.4 Å². The molecule has 7 atom stereocenters. The topological polar surface area (TPSA) is 299 Å². The molecule has 0 bridgehead atoms. The summed E-state index contributed by atoms with van der Waals surface area (Å²) < 4.78 is 79.5. The number of phosphoric acid groups is 2. The zero-order valence-corrected chi connectivity index (χ0v) is 19.9. The second-order valence-corrected chi connectivity index (χ2v) is 12.1. The van der Waals surface area contributed by atoms with Crippen LogP contribution in [0.25, 0.3) is 11.2 Å². The summed E-state index contributed by atoms with van der Waals surface area (Å²) in [5.41, 5.74) is 0.458. The molecule has 2 aromatic rings. The first-order valence-electron chi connectivity index (χ1n) is 9.13. The van der Waals surface area contributed by atoms with E-state index in [-0.39, 0.29) is 17.0 Å². The van der Waals surface area contributed by atoms with Gasteiger partial charge in [-0.05, 0) is 0 Å². The monoisotopic (exact) mass is 585 g/mol. The quantitative estimate of drug-likeness (QED) is 0.111. The van der Waals surface area contributed by atoms with Crippen LogP contribution in [0, 0.1) is 0 Å². The Morgan fingerprint density at radius 2 is 1.72 bits per heavy atom. The second-order valence-electron chi connectivity index (χ2n) is 7.01. The van der Waals surface area contributed by atoms with E-state index in [1.54, 1.807) is 0 Å². The summed E-state index contributed by atoms with van der Waals surface area (Å²) in [4.78, 5) is 39.5. The van der Waals surface area contributed by atoms with Crippen molar-refractivity contribution >= 4 is 47.3 Å². The van der Waals surface area contributed by atoms with Crippen LogP contribution >= 0.6 is 23.2 Å². The molecule has 3 rings (SSSR count). The number of nitrogens with zero attached hydrogens (tertiary/aromatic N) is 4. The standard InChI is InChI=1S/C11H17BF2N5O14P3/c13-11(14,12(22)23)34(24,25)32-36(28,29)33-35(26,27)30-1-4-6(20)7(21)10(31-4)19-3-18-5-8(15)16-2-17-9(5)19/h2-4,6-7,10,20-23H,1H2,(H,24,25)(H,26,27)(H,28,29)(H2,15,16,17)/t4-,6-,7-,10-/m1/s1. The van der Waals surface area contributed by atoms with E-state index in [0.29, 0.717) is 0 Å². The Morgan fingerprint density at radius 1 is 1.08 bits per heavy atom. The summed E-state index contributed by atoms with van der Waals surface area (Å²) in [5, 5.41) is 37.4. The number of hydrogen-bond acceptors (Lipinski definition) is 15. The summed E-state index contributed by atoms with van der Waals surface area (Å²) in [6, 6.07) is 0. The highest BCUT2D eigenvalue weighted by Crippen LogP contribution is 2.71. The van der Waals surface area contributed by atoms with Crippen molar-refractivity contribution in [3.63, 3.8) is 0 Å². The Morgan fingerprint density at radius 3 is 2.33 bits per heavy atom. The Labute approximate surface area is 198 Å². The molecule has 0 aromatic carbocycles. The Balaban J connectivity index is 1.67. The van der Waals surface area contributed by atoms with Gasteiger partial charge in [-0.25, -0.2) is 28.4 Å². The Bertz CT molecular complexity index is 1270. The number of alkyl halides is 2. The smallest absolute Gasteiger partial charge is 0.423 e. The second kappa shape index (κ2) is 10.0. The van der Waals surface area contributed by atoms with Crippen LogP contribution in [0.1, 0.15) is 6.23 Å². The number of ether oxygens (including phenoxy) is 1. The van der Waals surface area contributed by atoms with Crippen molar-refractivity contribution in [2.75, 3.05) is 12.3 Å². The molecule has 36 heavy (non-hydrogen) atoms. The molecule has 1 aliphatic rings. The molecule has 25 heteroatoms. The van der Waals surface area contributed by atoms with Crippen LogP contribution in [0.5, 0.6) is 0 Å². The van der Waals surface area contributed by atoms with Crippen molar-refractivity contribution in [3.05, 3.63) is 12.7 Å². The third kappa shape index (κ3) is 5.82. The van der Waals surface area contributed by atoms with Gasteiger partial charge in [-0.3, -0.25) is 13.7 Å². The molecule has 0 amide bonds. The van der Waals surface area contributed by atoms with Crippen molar-refractivity contribution in [2.24, 2.45) is 0 Å². The molecule has 2 aromatic heterocycles. The predicted octanol–water partition coefficient (Wildman–Crippen LogP) is -1.93. The van der Waals surface area contributed by atoms with E-state index in [0.717, 1.165) is 17.2 Å². The summed E-state index contributed by atoms with van der Waals surface area (Å²) in [6.45, 7) is -1.13. The zero-order valence-electron chi connectivity index (χ0n) is 17.2. The number of aliphatic hydroxyl groups is 2. The molecule has 9 N–H and O–H groups in total. The van der Waals surface area contributed by atoms with Gasteiger partial charge in [0.1, 0.15) is 30.2 Å². The van der Waals surface area contributed by atoms with Gasteiger partial charge in [0.05, 0.1) is 12.9 Å². The summed E-state index contributed by atoms with van der Waals surface area (Å²) >= 11 is 0. The first-order chi connectivity index (χ1) is 16.4. The molecule has 19 nitrogen and oxygen atoms in total.